The summed E-state index contributed by atoms with van der Waals surface area (Å²) in [6.45, 7) is 2.13. The van der Waals surface area contributed by atoms with E-state index in [0.29, 0.717) is 6.04 Å². The van der Waals surface area contributed by atoms with Crippen molar-refractivity contribution in [2.24, 2.45) is 0 Å². The van der Waals surface area contributed by atoms with Gasteiger partial charge in [-0.1, -0.05) is 32.1 Å². The van der Waals surface area contributed by atoms with Crippen LogP contribution in [0.3, 0.4) is 0 Å². The predicted octanol–water partition coefficient (Wildman–Crippen LogP) is 3.00. The van der Waals surface area contributed by atoms with E-state index in [-0.39, 0.29) is 0 Å². The van der Waals surface area contributed by atoms with E-state index in [1.54, 1.807) is 6.20 Å². The first-order valence-electron chi connectivity index (χ1n) is 8.13. The highest BCUT2D eigenvalue weighted by molar-refractivity contribution is 5.39. The Morgan fingerprint density at radius 3 is 2.40 bits per heavy atom. The molecule has 1 aromatic heterocycles. The van der Waals surface area contributed by atoms with Crippen LogP contribution in [0.25, 0.3) is 0 Å². The van der Waals surface area contributed by atoms with E-state index in [4.69, 9.17) is 0 Å². The molecule has 2 aliphatic rings. The first kappa shape index (κ1) is 13.6. The fraction of sp³-hybridized carbons (Fsp3) is 0.800. The Labute approximate surface area is 121 Å². The van der Waals surface area contributed by atoms with Gasteiger partial charge in [-0.15, -0.1) is 5.10 Å². The average molecular weight is 275 g/mol. The summed E-state index contributed by atoms with van der Waals surface area (Å²) in [5.41, 5.74) is 0. The molecule has 0 spiro atoms. The second-order valence-corrected chi connectivity index (χ2v) is 6.02. The van der Waals surface area contributed by atoms with Gasteiger partial charge in [0.1, 0.15) is 0 Å². The second kappa shape index (κ2) is 6.86. The zero-order valence-corrected chi connectivity index (χ0v) is 12.2. The quantitative estimate of drug-likeness (QED) is 0.919. The lowest BCUT2D eigenvalue weighted by atomic mass is 9.96. The first-order chi connectivity index (χ1) is 9.92. The first-order valence-corrected chi connectivity index (χ1v) is 8.13. The third-order valence-electron chi connectivity index (χ3n) is 4.39. The molecule has 2 heterocycles. The van der Waals surface area contributed by atoms with E-state index in [2.05, 4.69) is 25.4 Å². The Kier molecular flexibility index (Phi) is 4.66. The zero-order chi connectivity index (χ0) is 13.6. The molecular weight excluding hydrogens is 250 g/mol. The molecule has 1 saturated carbocycles. The van der Waals surface area contributed by atoms with Crippen LogP contribution < -0.4 is 10.2 Å². The maximum Gasteiger partial charge on any atom is 0.247 e. The fourth-order valence-electron chi connectivity index (χ4n) is 3.22. The Morgan fingerprint density at radius 2 is 1.65 bits per heavy atom. The maximum absolute atomic E-state index is 4.67. The Bertz CT molecular complexity index is 408. The molecular formula is C15H25N5. The van der Waals surface area contributed by atoms with Gasteiger partial charge in [-0.05, 0) is 25.7 Å². The standard InChI is InChI=1S/C15H25N5/c1-2-7-11-20(10-6-1)15-18-14(12-16-19-15)17-13-8-4-3-5-9-13/h12-13H,1-11H2,(H,17,18,19). The van der Waals surface area contributed by atoms with Gasteiger partial charge in [0, 0.05) is 19.1 Å². The van der Waals surface area contributed by atoms with E-state index in [0.717, 1.165) is 24.9 Å². The molecule has 1 aliphatic carbocycles. The minimum Gasteiger partial charge on any atom is -0.366 e. The van der Waals surface area contributed by atoms with Gasteiger partial charge >= 0.3 is 0 Å². The molecule has 1 saturated heterocycles. The van der Waals surface area contributed by atoms with Crippen molar-refractivity contribution in [2.75, 3.05) is 23.3 Å². The van der Waals surface area contributed by atoms with Gasteiger partial charge in [-0.3, -0.25) is 0 Å². The fourth-order valence-corrected chi connectivity index (χ4v) is 3.22. The number of hydrogen-bond donors (Lipinski definition) is 1. The molecule has 0 bridgehead atoms. The van der Waals surface area contributed by atoms with Crippen LogP contribution in [0.15, 0.2) is 6.20 Å². The van der Waals surface area contributed by atoms with Gasteiger partial charge in [-0.25, -0.2) is 0 Å². The van der Waals surface area contributed by atoms with Crippen molar-refractivity contribution < 1.29 is 0 Å². The summed E-state index contributed by atoms with van der Waals surface area (Å²) in [5, 5.41) is 11.9. The number of anilines is 2. The van der Waals surface area contributed by atoms with Crippen molar-refractivity contribution in [2.45, 2.75) is 63.8 Å². The molecule has 0 atom stereocenters. The van der Waals surface area contributed by atoms with Crippen LogP contribution >= 0.6 is 0 Å². The summed E-state index contributed by atoms with van der Waals surface area (Å²) in [6.07, 6.45) is 13.4. The SMILES string of the molecule is c1nnc(N2CCCCCC2)nc1NC1CCCCC1. The van der Waals surface area contributed by atoms with Gasteiger partial charge in [-0.2, -0.15) is 10.1 Å². The smallest absolute Gasteiger partial charge is 0.247 e. The van der Waals surface area contributed by atoms with Crippen LogP contribution in [0.1, 0.15) is 57.8 Å². The van der Waals surface area contributed by atoms with E-state index >= 15 is 0 Å². The predicted molar refractivity (Wildman–Crippen MR) is 81.0 cm³/mol. The molecule has 1 aliphatic heterocycles. The number of nitrogens with zero attached hydrogens (tertiary/aromatic N) is 4. The summed E-state index contributed by atoms with van der Waals surface area (Å²) < 4.78 is 0. The molecule has 0 unspecified atom stereocenters. The van der Waals surface area contributed by atoms with Crippen molar-refractivity contribution in [1.29, 1.82) is 0 Å². The number of nitrogens with one attached hydrogen (secondary N) is 1. The topological polar surface area (TPSA) is 53.9 Å². The summed E-state index contributed by atoms with van der Waals surface area (Å²) in [5.74, 6) is 1.69. The van der Waals surface area contributed by atoms with Gasteiger partial charge < -0.3 is 10.2 Å². The van der Waals surface area contributed by atoms with Gasteiger partial charge in [0.05, 0.1) is 6.20 Å². The molecule has 2 fully saturated rings. The van der Waals surface area contributed by atoms with Crippen LogP contribution in [0, 0.1) is 0 Å². The molecule has 0 radical (unpaired) electrons. The van der Waals surface area contributed by atoms with Gasteiger partial charge in [0.2, 0.25) is 5.95 Å². The van der Waals surface area contributed by atoms with Crippen molar-refractivity contribution in [3.63, 3.8) is 0 Å². The van der Waals surface area contributed by atoms with Gasteiger partial charge in [0.15, 0.2) is 5.82 Å². The van der Waals surface area contributed by atoms with E-state index in [1.807, 2.05) is 0 Å². The highest BCUT2D eigenvalue weighted by Gasteiger charge is 2.16. The zero-order valence-electron chi connectivity index (χ0n) is 12.2. The molecule has 1 aromatic rings. The molecule has 20 heavy (non-hydrogen) atoms. The lowest BCUT2D eigenvalue weighted by molar-refractivity contribution is 0.461. The number of hydrogen-bond acceptors (Lipinski definition) is 5. The molecule has 110 valence electrons. The van der Waals surface area contributed by atoms with Crippen molar-refractivity contribution in [1.82, 2.24) is 15.2 Å². The molecule has 5 heteroatoms. The van der Waals surface area contributed by atoms with Crippen LogP contribution in [-0.4, -0.2) is 34.3 Å². The highest BCUT2D eigenvalue weighted by atomic mass is 15.3. The van der Waals surface area contributed by atoms with Crippen LogP contribution in [0.5, 0.6) is 0 Å². The minimum atomic E-state index is 0.567. The molecule has 0 amide bonds. The van der Waals surface area contributed by atoms with Crippen LogP contribution in [0.2, 0.25) is 0 Å². The van der Waals surface area contributed by atoms with E-state index in [9.17, 15) is 0 Å². The third kappa shape index (κ3) is 3.58. The molecule has 3 rings (SSSR count). The second-order valence-electron chi connectivity index (χ2n) is 6.02. The molecule has 0 aromatic carbocycles. The Balaban J connectivity index is 1.65. The van der Waals surface area contributed by atoms with E-state index in [1.165, 1.54) is 57.8 Å². The van der Waals surface area contributed by atoms with Crippen molar-refractivity contribution in [3.05, 3.63) is 6.20 Å². The maximum atomic E-state index is 4.67. The molecule has 5 nitrogen and oxygen atoms in total. The largest absolute Gasteiger partial charge is 0.366 e. The lowest BCUT2D eigenvalue weighted by Gasteiger charge is -2.24. The monoisotopic (exact) mass is 275 g/mol. The Morgan fingerprint density at radius 1 is 0.950 bits per heavy atom. The number of aromatic nitrogens is 3. The van der Waals surface area contributed by atoms with Crippen molar-refractivity contribution in [3.8, 4) is 0 Å². The van der Waals surface area contributed by atoms with Gasteiger partial charge in [0.25, 0.3) is 0 Å². The Hall–Kier alpha value is -1.39. The summed E-state index contributed by atoms with van der Waals surface area (Å²) in [4.78, 5) is 6.96. The minimum absolute atomic E-state index is 0.567. The normalized spacial score (nSPS) is 21.5. The van der Waals surface area contributed by atoms with Crippen molar-refractivity contribution >= 4 is 11.8 Å². The van der Waals surface area contributed by atoms with E-state index < -0.39 is 0 Å². The third-order valence-corrected chi connectivity index (χ3v) is 4.39. The lowest BCUT2D eigenvalue weighted by Crippen LogP contribution is -2.28. The number of rotatable bonds is 3. The summed E-state index contributed by atoms with van der Waals surface area (Å²) in [7, 11) is 0. The van der Waals surface area contributed by atoms with Crippen LogP contribution in [0.4, 0.5) is 11.8 Å². The van der Waals surface area contributed by atoms with Crippen LogP contribution in [-0.2, 0) is 0 Å². The summed E-state index contributed by atoms with van der Waals surface area (Å²) >= 11 is 0. The molecule has 1 N–H and O–H groups in total. The summed E-state index contributed by atoms with van der Waals surface area (Å²) in [6, 6.07) is 0.567. The highest BCUT2D eigenvalue weighted by Crippen LogP contribution is 2.21. The average Bonchev–Trinajstić information content (AvgIpc) is 2.78.